The van der Waals surface area contributed by atoms with E-state index < -0.39 is 0 Å². The van der Waals surface area contributed by atoms with Crippen LogP contribution in [0.1, 0.15) is 70.4 Å². The maximum atomic E-state index is 13.3. The molecule has 0 aliphatic carbocycles. The Morgan fingerprint density at radius 3 is 2.67 bits per heavy atom. The van der Waals surface area contributed by atoms with Crippen molar-refractivity contribution in [2.24, 2.45) is 5.92 Å². The number of fused-ring (bicyclic) bond motifs is 1. The predicted molar refractivity (Wildman–Crippen MR) is 153 cm³/mol. The average Bonchev–Trinajstić information content (AvgIpc) is 3.44. The number of nitrogens with zero attached hydrogens (tertiary/aromatic N) is 2. The van der Waals surface area contributed by atoms with Crippen molar-refractivity contribution in [2.45, 2.75) is 52.8 Å². The van der Waals surface area contributed by atoms with Gasteiger partial charge in [-0.2, -0.15) is 0 Å². The van der Waals surface area contributed by atoms with Crippen LogP contribution in [0.5, 0.6) is 5.75 Å². The Labute approximate surface area is 235 Å². The van der Waals surface area contributed by atoms with Crippen molar-refractivity contribution in [3.05, 3.63) is 118 Å². The highest BCUT2D eigenvalue weighted by atomic mass is 16.5. The predicted octanol–water partition coefficient (Wildman–Crippen LogP) is 6.01. The van der Waals surface area contributed by atoms with Gasteiger partial charge in [-0.3, -0.25) is 14.6 Å². The molecule has 0 radical (unpaired) electrons. The number of hydrogen-bond donors (Lipinski definition) is 1. The molecule has 0 fully saturated rings. The number of hydrogen-bond acceptors (Lipinski definition) is 5. The van der Waals surface area contributed by atoms with Gasteiger partial charge in [0.05, 0.1) is 6.04 Å². The SMILES string of the molecule is Cc1ccc(C2c3cc(OCc4ccc(C(=O)NCc5cccnc5)o4)ccc3CCN2C(=O)CC(C)C)cc1. The maximum Gasteiger partial charge on any atom is 0.287 e. The van der Waals surface area contributed by atoms with E-state index in [1.54, 1.807) is 24.5 Å². The van der Waals surface area contributed by atoms with E-state index in [2.05, 4.69) is 61.4 Å². The average molecular weight is 538 g/mol. The fourth-order valence-electron chi connectivity index (χ4n) is 5.03. The number of furan rings is 1. The second kappa shape index (κ2) is 12.2. The molecule has 5 rings (SSSR count). The highest BCUT2D eigenvalue weighted by molar-refractivity contribution is 5.91. The van der Waals surface area contributed by atoms with E-state index in [0.717, 1.165) is 23.1 Å². The van der Waals surface area contributed by atoms with Crippen molar-refractivity contribution in [2.75, 3.05) is 6.54 Å². The summed E-state index contributed by atoms with van der Waals surface area (Å²) in [6.07, 6.45) is 4.73. The van der Waals surface area contributed by atoms with Gasteiger partial charge in [-0.25, -0.2) is 0 Å². The maximum absolute atomic E-state index is 13.3. The van der Waals surface area contributed by atoms with Gasteiger partial charge in [-0.1, -0.05) is 55.8 Å². The Balaban J connectivity index is 1.30. The monoisotopic (exact) mass is 537 g/mol. The minimum atomic E-state index is -0.295. The number of pyridine rings is 1. The van der Waals surface area contributed by atoms with Gasteiger partial charge in [0.2, 0.25) is 5.91 Å². The Kier molecular flexibility index (Phi) is 8.29. The Hall–Kier alpha value is -4.39. The first-order chi connectivity index (χ1) is 19.4. The summed E-state index contributed by atoms with van der Waals surface area (Å²) < 4.78 is 11.9. The molecule has 3 heterocycles. The van der Waals surface area contributed by atoms with Gasteiger partial charge in [0.25, 0.3) is 5.91 Å². The van der Waals surface area contributed by atoms with Gasteiger partial charge in [-0.15, -0.1) is 0 Å². The van der Waals surface area contributed by atoms with Crippen LogP contribution in [-0.4, -0.2) is 28.2 Å². The van der Waals surface area contributed by atoms with Crippen LogP contribution in [0.3, 0.4) is 0 Å². The third-order valence-electron chi connectivity index (χ3n) is 7.08. The van der Waals surface area contributed by atoms with Gasteiger partial charge in [-0.05, 0) is 71.8 Å². The van der Waals surface area contributed by atoms with E-state index in [4.69, 9.17) is 9.15 Å². The van der Waals surface area contributed by atoms with Crippen LogP contribution in [0.2, 0.25) is 0 Å². The summed E-state index contributed by atoms with van der Waals surface area (Å²) in [4.78, 5) is 31.9. The van der Waals surface area contributed by atoms with E-state index in [-0.39, 0.29) is 36.1 Å². The van der Waals surface area contributed by atoms with Crippen LogP contribution in [0.15, 0.2) is 83.5 Å². The summed E-state index contributed by atoms with van der Waals surface area (Å²) in [7, 11) is 0. The van der Waals surface area contributed by atoms with E-state index in [1.165, 1.54) is 11.1 Å². The summed E-state index contributed by atoms with van der Waals surface area (Å²) in [6, 6.07) is 21.5. The molecule has 1 atom stereocenters. The molecule has 7 nitrogen and oxygen atoms in total. The third-order valence-corrected chi connectivity index (χ3v) is 7.08. The van der Waals surface area contributed by atoms with Crippen molar-refractivity contribution in [1.29, 1.82) is 0 Å². The number of nitrogens with one attached hydrogen (secondary N) is 1. The second-order valence-corrected chi connectivity index (χ2v) is 10.7. The quantitative estimate of drug-likeness (QED) is 0.283. The zero-order chi connectivity index (χ0) is 28.1. The Bertz CT molecular complexity index is 1460. The van der Waals surface area contributed by atoms with Crippen molar-refractivity contribution in [1.82, 2.24) is 15.2 Å². The van der Waals surface area contributed by atoms with Crippen LogP contribution in [-0.2, 0) is 24.4 Å². The number of ether oxygens (including phenoxy) is 1. The standard InChI is InChI=1S/C33H35N3O4/c1-22(2)17-31(37)36-16-14-25-10-11-27(18-29(25)32(36)26-8-6-23(3)7-9-26)39-21-28-12-13-30(40-28)33(38)35-20-24-5-4-15-34-19-24/h4-13,15,18-19,22,32H,14,16-17,20-21H2,1-3H3,(H,35,38). The number of rotatable bonds is 9. The molecule has 206 valence electrons. The highest BCUT2D eigenvalue weighted by Gasteiger charge is 2.32. The summed E-state index contributed by atoms with van der Waals surface area (Å²) in [6.45, 7) is 7.46. The number of carbonyl (C=O) groups excluding carboxylic acids is 2. The number of carbonyl (C=O) groups is 2. The third kappa shape index (κ3) is 6.42. The van der Waals surface area contributed by atoms with E-state index in [0.29, 0.717) is 31.0 Å². The molecular weight excluding hydrogens is 502 g/mol. The Morgan fingerprint density at radius 1 is 1.10 bits per heavy atom. The highest BCUT2D eigenvalue weighted by Crippen LogP contribution is 2.38. The van der Waals surface area contributed by atoms with Gasteiger partial charge in [0.15, 0.2) is 5.76 Å². The molecule has 2 aromatic carbocycles. The molecule has 1 N–H and O–H groups in total. The number of benzene rings is 2. The Morgan fingerprint density at radius 2 is 1.93 bits per heavy atom. The lowest BCUT2D eigenvalue weighted by Crippen LogP contribution is -2.41. The van der Waals surface area contributed by atoms with Crippen LogP contribution < -0.4 is 10.1 Å². The molecular formula is C33H35N3O4. The minimum absolute atomic E-state index is 0.169. The summed E-state index contributed by atoms with van der Waals surface area (Å²) in [5, 5.41) is 2.84. The zero-order valence-electron chi connectivity index (χ0n) is 23.2. The summed E-state index contributed by atoms with van der Waals surface area (Å²) in [5.41, 5.74) is 5.48. The molecule has 7 heteroatoms. The molecule has 1 aliphatic heterocycles. The van der Waals surface area contributed by atoms with Gasteiger partial charge >= 0.3 is 0 Å². The van der Waals surface area contributed by atoms with Gasteiger partial charge < -0.3 is 19.4 Å². The smallest absolute Gasteiger partial charge is 0.287 e. The van der Waals surface area contributed by atoms with E-state index >= 15 is 0 Å². The number of amides is 2. The number of aryl methyl sites for hydroxylation is 1. The largest absolute Gasteiger partial charge is 0.486 e. The molecule has 1 aliphatic rings. The molecule has 0 bridgehead atoms. The first kappa shape index (κ1) is 27.2. The fourth-order valence-corrected chi connectivity index (χ4v) is 5.03. The molecule has 0 saturated carbocycles. The second-order valence-electron chi connectivity index (χ2n) is 10.7. The van der Waals surface area contributed by atoms with Gasteiger partial charge in [0, 0.05) is 31.9 Å². The molecule has 2 aromatic heterocycles. The molecule has 0 spiro atoms. The zero-order valence-corrected chi connectivity index (χ0v) is 23.2. The molecule has 4 aromatic rings. The van der Waals surface area contributed by atoms with Crippen molar-refractivity contribution >= 4 is 11.8 Å². The van der Waals surface area contributed by atoms with E-state index in [9.17, 15) is 9.59 Å². The number of aromatic nitrogens is 1. The summed E-state index contributed by atoms with van der Waals surface area (Å²) >= 11 is 0. The van der Waals surface area contributed by atoms with E-state index in [1.807, 2.05) is 29.2 Å². The minimum Gasteiger partial charge on any atom is -0.486 e. The van der Waals surface area contributed by atoms with Crippen molar-refractivity contribution in [3.8, 4) is 5.75 Å². The lowest BCUT2D eigenvalue weighted by Gasteiger charge is -2.38. The topological polar surface area (TPSA) is 84.7 Å². The van der Waals surface area contributed by atoms with Crippen LogP contribution in [0, 0.1) is 12.8 Å². The van der Waals surface area contributed by atoms with Crippen LogP contribution in [0.25, 0.3) is 0 Å². The van der Waals surface area contributed by atoms with Gasteiger partial charge in [0.1, 0.15) is 18.1 Å². The molecule has 1 unspecified atom stereocenters. The lowest BCUT2D eigenvalue weighted by atomic mass is 9.87. The van der Waals surface area contributed by atoms with Crippen molar-refractivity contribution < 1.29 is 18.7 Å². The molecule has 40 heavy (non-hydrogen) atoms. The first-order valence-electron chi connectivity index (χ1n) is 13.7. The lowest BCUT2D eigenvalue weighted by molar-refractivity contribution is -0.134. The van der Waals surface area contributed by atoms with Crippen LogP contribution in [0.4, 0.5) is 0 Å². The molecule has 0 saturated heterocycles. The molecule has 2 amide bonds. The first-order valence-corrected chi connectivity index (χ1v) is 13.7. The fraction of sp³-hybridized carbons (Fsp3) is 0.303. The van der Waals surface area contributed by atoms with Crippen molar-refractivity contribution in [3.63, 3.8) is 0 Å². The summed E-state index contributed by atoms with van der Waals surface area (Å²) in [5.74, 6) is 1.63. The normalized spacial score (nSPS) is 14.6. The van der Waals surface area contributed by atoms with Crippen LogP contribution >= 0.6 is 0 Å².